The number of aromatic nitrogens is 3. The van der Waals surface area contributed by atoms with Crippen LogP contribution < -0.4 is 10.6 Å². The molecular formula is C23H29ClN6. The third-order valence-corrected chi connectivity index (χ3v) is 5.73. The third-order valence-electron chi connectivity index (χ3n) is 5.50. The quantitative estimate of drug-likeness (QED) is 0.508. The molecule has 3 aromatic rings. The molecule has 158 valence electrons. The summed E-state index contributed by atoms with van der Waals surface area (Å²) in [7, 11) is 0. The second-order valence-corrected chi connectivity index (χ2v) is 8.45. The molecule has 1 saturated heterocycles. The highest BCUT2D eigenvalue weighted by atomic mass is 35.5. The maximum absolute atomic E-state index is 6.08. The number of likely N-dealkylation sites (tertiary alicyclic amines) is 1. The molecule has 6 nitrogen and oxygen atoms in total. The van der Waals surface area contributed by atoms with Gasteiger partial charge in [0.2, 0.25) is 0 Å². The summed E-state index contributed by atoms with van der Waals surface area (Å²) >= 11 is 6.08. The number of piperidine rings is 1. The number of H-pyrrole nitrogens is 1. The maximum atomic E-state index is 6.08. The van der Waals surface area contributed by atoms with Gasteiger partial charge in [-0.25, -0.2) is 0 Å². The van der Waals surface area contributed by atoms with E-state index < -0.39 is 0 Å². The third kappa shape index (κ3) is 5.00. The van der Waals surface area contributed by atoms with Crippen molar-refractivity contribution in [3.05, 3.63) is 77.6 Å². The van der Waals surface area contributed by atoms with Gasteiger partial charge in [-0.15, -0.1) is 0 Å². The molecule has 1 fully saturated rings. The van der Waals surface area contributed by atoms with E-state index in [2.05, 4.69) is 44.8 Å². The zero-order chi connectivity index (χ0) is 21.1. The Kier molecular flexibility index (Phi) is 6.04. The standard InChI is InChI=1S/C23H29ClN6/c1-16-8-10-30(28-16)14-17(2)29-9-4-5-21(15-29)26-18(3)25-13-22-12-19-11-20(24)6-7-23(19)27-22/h6-8,10-12,21,25-27H,2-5,9,13-15H2,1H3. The predicted octanol–water partition coefficient (Wildman–Crippen LogP) is 4.15. The van der Waals surface area contributed by atoms with Crippen molar-refractivity contribution in [1.82, 2.24) is 30.3 Å². The number of fused-ring (bicyclic) bond motifs is 1. The molecule has 4 rings (SSSR count). The van der Waals surface area contributed by atoms with Gasteiger partial charge in [0, 0.05) is 52.6 Å². The van der Waals surface area contributed by atoms with Gasteiger partial charge in [-0.05, 0) is 50.1 Å². The molecule has 0 bridgehead atoms. The summed E-state index contributed by atoms with van der Waals surface area (Å²) in [5, 5.41) is 13.3. The van der Waals surface area contributed by atoms with Crippen LogP contribution in [0.2, 0.25) is 5.02 Å². The topological polar surface area (TPSA) is 60.9 Å². The molecule has 0 amide bonds. The van der Waals surface area contributed by atoms with Gasteiger partial charge in [-0.2, -0.15) is 5.10 Å². The van der Waals surface area contributed by atoms with E-state index in [0.29, 0.717) is 12.6 Å². The largest absolute Gasteiger partial charge is 0.372 e. The number of aromatic amines is 1. The molecule has 0 spiro atoms. The lowest BCUT2D eigenvalue weighted by atomic mass is 10.1. The summed E-state index contributed by atoms with van der Waals surface area (Å²) in [6.07, 6.45) is 4.26. The van der Waals surface area contributed by atoms with Crippen molar-refractivity contribution >= 4 is 22.5 Å². The first kappa shape index (κ1) is 20.4. The van der Waals surface area contributed by atoms with E-state index in [-0.39, 0.29) is 0 Å². The molecule has 3 heterocycles. The molecular weight excluding hydrogens is 396 g/mol. The fourth-order valence-corrected chi connectivity index (χ4v) is 4.16. The van der Waals surface area contributed by atoms with Gasteiger partial charge in [0.1, 0.15) is 0 Å². The van der Waals surface area contributed by atoms with Crippen LogP contribution in [0.15, 0.2) is 61.2 Å². The van der Waals surface area contributed by atoms with Gasteiger partial charge in [0.05, 0.1) is 24.6 Å². The van der Waals surface area contributed by atoms with Crippen molar-refractivity contribution in [3.8, 4) is 0 Å². The van der Waals surface area contributed by atoms with Crippen molar-refractivity contribution in [1.29, 1.82) is 0 Å². The smallest absolute Gasteiger partial charge is 0.0918 e. The van der Waals surface area contributed by atoms with Crippen LogP contribution in [-0.4, -0.2) is 38.8 Å². The summed E-state index contributed by atoms with van der Waals surface area (Å²) in [6.45, 7) is 13.8. The van der Waals surface area contributed by atoms with Gasteiger partial charge in [0.25, 0.3) is 0 Å². The molecule has 7 heteroatoms. The highest BCUT2D eigenvalue weighted by molar-refractivity contribution is 6.31. The van der Waals surface area contributed by atoms with E-state index in [0.717, 1.165) is 71.3 Å². The van der Waals surface area contributed by atoms with Crippen LogP contribution in [0.4, 0.5) is 0 Å². The van der Waals surface area contributed by atoms with Crippen molar-refractivity contribution in [2.75, 3.05) is 13.1 Å². The van der Waals surface area contributed by atoms with Crippen LogP contribution in [0.1, 0.15) is 24.2 Å². The fraction of sp³-hybridized carbons (Fsp3) is 0.348. The molecule has 3 N–H and O–H groups in total. The second-order valence-electron chi connectivity index (χ2n) is 8.01. The first-order chi connectivity index (χ1) is 14.5. The molecule has 30 heavy (non-hydrogen) atoms. The number of hydrogen-bond acceptors (Lipinski definition) is 4. The number of benzene rings is 1. The highest BCUT2D eigenvalue weighted by Crippen LogP contribution is 2.20. The van der Waals surface area contributed by atoms with E-state index in [4.69, 9.17) is 11.6 Å². The number of halogens is 1. The van der Waals surface area contributed by atoms with Crippen LogP contribution in [0.5, 0.6) is 0 Å². The van der Waals surface area contributed by atoms with Crippen LogP contribution in [0.3, 0.4) is 0 Å². The minimum Gasteiger partial charge on any atom is -0.372 e. The van der Waals surface area contributed by atoms with E-state index in [1.165, 1.54) is 0 Å². The number of nitrogens with zero attached hydrogens (tertiary/aromatic N) is 3. The molecule has 0 radical (unpaired) electrons. The Bertz CT molecular complexity index is 1050. The Morgan fingerprint density at radius 1 is 1.30 bits per heavy atom. The van der Waals surface area contributed by atoms with Gasteiger partial charge in [0.15, 0.2) is 0 Å². The zero-order valence-electron chi connectivity index (χ0n) is 17.4. The van der Waals surface area contributed by atoms with Gasteiger partial charge < -0.3 is 20.5 Å². The summed E-state index contributed by atoms with van der Waals surface area (Å²) in [4.78, 5) is 5.76. The lowest BCUT2D eigenvalue weighted by Gasteiger charge is -2.36. The SMILES string of the molecule is C=C(NCc1cc2cc(Cl)ccc2[nH]1)NC1CCCN(C(=C)Cn2ccc(C)n2)C1. The van der Waals surface area contributed by atoms with E-state index >= 15 is 0 Å². The minimum absolute atomic E-state index is 0.344. The van der Waals surface area contributed by atoms with Crippen LogP contribution in [0.25, 0.3) is 10.9 Å². The summed E-state index contributed by atoms with van der Waals surface area (Å²) in [5.74, 6) is 0.840. The Balaban J connectivity index is 1.26. The lowest BCUT2D eigenvalue weighted by molar-refractivity contribution is 0.230. The number of nitrogens with one attached hydrogen (secondary N) is 3. The Labute approximate surface area is 182 Å². The van der Waals surface area contributed by atoms with Gasteiger partial charge in [-0.3, -0.25) is 4.68 Å². The van der Waals surface area contributed by atoms with E-state index in [1.807, 2.05) is 42.1 Å². The van der Waals surface area contributed by atoms with Crippen molar-refractivity contribution in [2.24, 2.45) is 0 Å². The molecule has 1 aliphatic rings. The summed E-state index contributed by atoms with van der Waals surface area (Å²) in [5.41, 5.74) is 4.31. The number of allylic oxidation sites excluding steroid dienone is 1. The zero-order valence-corrected chi connectivity index (χ0v) is 18.2. The normalized spacial score (nSPS) is 16.6. The monoisotopic (exact) mass is 424 g/mol. The first-order valence-corrected chi connectivity index (χ1v) is 10.7. The van der Waals surface area contributed by atoms with Crippen LogP contribution in [0, 0.1) is 6.92 Å². The molecule has 1 aliphatic heterocycles. The van der Waals surface area contributed by atoms with Crippen molar-refractivity contribution < 1.29 is 0 Å². The fourth-order valence-electron chi connectivity index (χ4n) is 3.98. The summed E-state index contributed by atoms with van der Waals surface area (Å²) < 4.78 is 1.95. The maximum Gasteiger partial charge on any atom is 0.0918 e. The molecule has 0 aliphatic carbocycles. The number of rotatable bonds is 8. The average molecular weight is 425 g/mol. The molecule has 2 aromatic heterocycles. The van der Waals surface area contributed by atoms with Crippen molar-refractivity contribution in [3.63, 3.8) is 0 Å². The van der Waals surface area contributed by atoms with Crippen LogP contribution in [-0.2, 0) is 13.1 Å². The number of hydrogen-bond donors (Lipinski definition) is 3. The Morgan fingerprint density at radius 2 is 2.17 bits per heavy atom. The van der Waals surface area contributed by atoms with E-state index in [9.17, 15) is 0 Å². The predicted molar refractivity (Wildman–Crippen MR) is 123 cm³/mol. The number of aryl methyl sites for hydroxylation is 1. The van der Waals surface area contributed by atoms with E-state index in [1.54, 1.807) is 0 Å². The molecule has 1 unspecified atom stereocenters. The highest BCUT2D eigenvalue weighted by Gasteiger charge is 2.21. The van der Waals surface area contributed by atoms with Gasteiger partial charge >= 0.3 is 0 Å². The molecule has 1 atom stereocenters. The first-order valence-electron chi connectivity index (χ1n) is 10.4. The second kappa shape index (κ2) is 8.88. The average Bonchev–Trinajstić information content (AvgIpc) is 3.31. The molecule has 0 saturated carbocycles. The Morgan fingerprint density at radius 3 is 2.97 bits per heavy atom. The van der Waals surface area contributed by atoms with Crippen LogP contribution >= 0.6 is 11.6 Å². The Hall–Kier alpha value is -2.86. The summed E-state index contributed by atoms with van der Waals surface area (Å²) in [6, 6.07) is 10.3. The lowest BCUT2D eigenvalue weighted by Crippen LogP contribution is -2.46. The van der Waals surface area contributed by atoms with Gasteiger partial charge in [-0.1, -0.05) is 24.8 Å². The molecule has 1 aromatic carbocycles. The minimum atomic E-state index is 0.344. The van der Waals surface area contributed by atoms with Crippen molar-refractivity contribution in [2.45, 2.75) is 38.9 Å².